The number of amides is 1. The van der Waals surface area contributed by atoms with Crippen LogP contribution < -0.4 is 20.7 Å². The molecule has 4 N–H and O–H groups in total. The van der Waals surface area contributed by atoms with E-state index in [4.69, 9.17) is 5.73 Å². The average molecular weight is 471 g/mol. The van der Waals surface area contributed by atoms with Gasteiger partial charge >= 0.3 is 0 Å². The maximum Gasteiger partial charge on any atom is 0.281 e. The number of sulfonamides is 1. The molecule has 9 nitrogen and oxygen atoms in total. The fourth-order valence-corrected chi connectivity index (χ4v) is 5.61. The number of nitrogen functional groups attached to an aromatic ring is 1. The molecule has 0 saturated carbocycles. The van der Waals surface area contributed by atoms with Crippen molar-refractivity contribution < 1.29 is 13.2 Å². The lowest BCUT2D eigenvalue weighted by atomic mass is 9.97. The molecule has 1 amide bonds. The van der Waals surface area contributed by atoms with Gasteiger partial charge in [0.15, 0.2) is 5.03 Å². The van der Waals surface area contributed by atoms with E-state index in [0.717, 1.165) is 43.6 Å². The number of rotatable bonds is 5. The molecule has 4 rings (SSSR count). The molecule has 0 aliphatic carbocycles. The van der Waals surface area contributed by atoms with Crippen molar-refractivity contribution in [2.45, 2.75) is 44.2 Å². The van der Waals surface area contributed by atoms with Crippen LogP contribution in [0.15, 0.2) is 41.6 Å². The SMILES string of the molecule is CC1CN(c2ncc(C3=CCNCC3)cc2C(=O)NS(=O)(=O)c2cccc(N)n2)C(C)(C)C1. The Labute approximate surface area is 194 Å². The number of nitrogens with one attached hydrogen (secondary N) is 2. The normalized spacial score (nSPS) is 20.4. The van der Waals surface area contributed by atoms with E-state index in [2.05, 4.69) is 51.8 Å². The topological polar surface area (TPSA) is 130 Å². The van der Waals surface area contributed by atoms with E-state index in [0.29, 0.717) is 11.7 Å². The van der Waals surface area contributed by atoms with Crippen molar-refractivity contribution in [1.29, 1.82) is 0 Å². The molecule has 2 aromatic rings. The molecule has 2 aromatic heterocycles. The Kier molecular flexibility index (Phi) is 6.15. The van der Waals surface area contributed by atoms with E-state index in [1.54, 1.807) is 12.3 Å². The van der Waals surface area contributed by atoms with Crippen molar-refractivity contribution in [3.05, 3.63) is 47.7 Å². The monoisotopic (exact) mass is 470 g/mol. The molecule has 176 valence electrons. The number of nitrogens with two attached hydrogens (primary N) is 1. The van der Waals surface area contributed by atoms with Crippen LogP contribution >= 0.6 is 0 Å². The van der Waals surface area contributed by atoms with Crippen LogP contribution in [0.2, 0.25) is 0 Å². The van der Waals surface area contributed by atoms with E-state index in [9.17, 15) is 13.2 Å². The number of aromatic nitrogens is 2. The van der Waals surface area contributed by atoms with Gasteiger partial charge in [0.2, 0.25) is 0 Å². The minimum Gasteiger partial charge on any atom is -0.384 e. The predicted octanol–water partition coefficient (Wildman–Crippen LogP) is 2.18. The highest BCUT2D eigenvalue weighted by molar-refractivity contribution is 7.90. The van der Waals surface area contributed by atoms with Gasteiger partial charge in [-0.1, -0.05) is 19.1 Å². The van der Waals surface area contributed by atoms with Gasteiger partial charge in [-0.25, -0.2) is 14.7 Å². The van der Waals surface area contributed by atoms with Crippen LogP contribution in [-0.4, -0.2) is 49.5 Å². The first-order valence-electron chi connectivity index (χ1n) is 11.0. The summed E-state index contributed by atoms with van der Waals surface area (Å²) in [6.45, 7) is 8.68. The van der Waals surface area contributed by atoms with Gasteiger partial charge in [-0.05, 0) is 68.5 Å². The summed E-state index contributed by atoms with van der Waals surface area (Å²) in [5.74, 6) is 0.217. The lowest BCUT2D eigenvalue weighted by Gasteiger charge is -2.34. The van der Waals surface area contributed by atoms with Crippen LogP contribution in [0.4, 0.5) is 11.6 Å². The van der Waals surface area contributed by atoms with E-state index in [-0.39, 0.29) is 21.9 Å². The quantitative estimate of drug-likeness (QED) is 0.606. The Morgan fingerprint density at radius 2 is 2.12 bits per heavy atom. The van der Waals surface area contributed by atoms with Gasteiger partial charge in [-0.3, -0.25) is 4.79 Å². The molecule has 1 saturated heterocycles. The first-order chi connectivity index (χ1) is 15.6. The van der Waals surface area contributed by atoms with Gasteiger partial charge in [0.05, 0.1) is 5.56 Å². The van der Waals surface area contributed by atoms with Crippen LogP contribution in [0.3, 0.4) is 0 Å². The van der Waals surface area contributed by atoms with Crippen LogP contribution in [0.5, 0.6) is 0 Å². The lowest BCUT2D eigenvalue weighted by Crippen LogP contribution is -2.41. The Morgan fingerprint density at radius 1 is 1.33 bits per heavy atom. The van der Waals surface area contributed by atoms with Gasteiger partial charge in [0, 0.05) is 24.8 Å². The van der Waals surface area contributed by atoms with Crippen molar-refractivity contribution in [3.8, 4) is 0 Å². The zero-order chi connectivity index (χ0) is 23.8. The number of anilines is 2. The highest BCUT2D eigenvalue weighted by atomic mass is 32.2. The van der Waals surface area contributed by atoms with Crippen molar-refractivity contribution >= 4 is 33.1 Å². The Hall–Kier alpha value is -2.98. The van der Waals surface area contributed by atoms with E-state index >= 15 is 0 Å². The fraction of sp³-hybridized carbons (Fsp3) is 0.435. The van der Waals surface area contributed by atoms with Crippen molar-refractivity contribution in [1.82, 2.24) is 20.0 Å². The molecule has 4 heterocycles. The maximum atomic E-state index is 13.4. The van der Waals surface area contributed by atoms with Crippen LogP contribution in [0.25, 0.3) is 5.57 Å². The van der Waals surface area contributed by atoms with Crippen LogP contribution in [0.1, 0.15) is 49.5 Å². The Morgan fingerprint density at radius 3 is 2.76 bits per heavy atom. The van der Waals surface area contributed by atoms with Crippen molar-refractivity contribution in [3.63, 3.8) is 0 Å². The van der Waals surface area contributed by atoms with E-state index in [1.165, 1.54) is 18.2 Å². The highest BCUT2D eigenvalue weighted by Crippen LogP contribution is 2.38. The molecule has 0 bridgehead atoms. The van der Waals surface area contributed by atoms with Crippen LogP contribution in [0, 0.1) is 5.92 Å². The smallest absolute Gasteiger partial charge is 0.281 e. The predicted molar refractivity (Wildman–Crippen MR) is 128 cm³/mol. The molecule has 2 aliphatic heterocycles. The summed E-state index contributed by atoms with van der Waals surface area (Å²) < 4.78 is 27.9. The molecule has 0 aromatic carbocycles. The molecule has 1 atom stereocenters. The molecule has 33 heavy (non-hydrogen) atoms. The zero-order valence-electron chi connectivity index (χ0n) is 19.1. The number of hydrogen-bond acceptors (Lipinski definition) is 8. The second-order valence-electron chi connectivity index (χ2n) is 9.35. The number of carbonyl (C=O) groups is 1. The second kappa shape index (κ2) is 8.75. The van der Waals surface area contributed by atoms with Crippen molar-refractivity contribution in [2.75, 3.05) is 30.3 Å². The molecule has 0 radical (unpaired) electrons. The molecular weight excluding hydrogens is 440 g/mol. The molecule has 10 heteroatoms. The summed E-state index contributed by atoms with van der Waals surface area (Å²) >= 11 is 0. The summed E-state index contributed by atoms with van der Waals surface area (Å²) in [5.41, 5.74) is 7.53. The first-order valence-corrected chi connectivity index (χ1v) is 12.5. The van der Waals surface area contributed by atoms with Crippen molar-refractivity contribution in [2.24, 2.45) is 5.92 Å². The highest BCUT2D eigenvalue weighted by Gasteiger charge is 2.39. The minimum absolute atomic E-state index is 0.0559. The average Bonchev–Trinajstić information content (AvgIpc) is 3.05. The number of nitrogens with zero attached hydrogens (tertiary/aromatic N) is 3. The summed E-state index contributed by atoms with van der Waals surface area (Å²) in [6.07, 6.45) is 5.59. The van der Waals surface area contributed by atoms with E-state index in [1.807, 2.05) is 0 Å². The minimum atomic E-state index is -4.21. The molecule has 0 spiro atoms. The standard InChI is InChI=1S/C23H30N6O3S/c1-15-12-23(2,3)29(14-15)21-18(11-17(13-26-21)16-7-9-25-10-8-16)22(30)28-33(31,32)20-6-4-5-19(24)27-20/h4-7,11,13,15,25H,8-10,12,14H2,1-3H3,(H2,24,27)(H,28,30). The maximum absolute atomic E-state index is 13.4. The van der Waals surface area contributed by atoms with E-state index < -0.39 is 15.9 Å². The zero-order valence-corrected chi connectivity index (χ0v) is 19.9. The molecule has 1 fully saturated rings. The van der Waals surface area contributed by atoms with Crippen LogP contribution in [-0.2, 0) is 10.0 Å². The van der Waals surface area contributed by atoms with Gasteiger partial charge in [-0.2, -0.15) is 8.42 Å². The van der Waals surface area contributed by atoms with Gasteiger partial charge in [-0.15, -0.1) is 0 Å². The van der Waals surface area contributed by atoms with Gasteiger partial charge in [0.25, 0.3) is 15.9 Å². The Balaban J connectivity index is 1.75. The molecule has 1 unspecified atom stereocenters. The third kappa shape index (κ3) is 4.86. The third-order valence-electron chi connectivity index (χ3n) is 6.12. The summed E-state index contributed by atoms with van der Waals surface area (Å²) in [7, 11) is -4.21. The number of carbonyl (C=O) groups excluding carboxylic acids is 1. The summed E-state index contributed by atoms with van der Waals surface area (Å²) in [5, 5.41) is 2.96. The largest absolute Gasteiger partial charge is 0.384 e. The third-order valence-corrected chi connectivity index (χ3v) is 7.35. The van der Waals surface area contributed by atoms with Gasteiger partial charge in [0.1, 0.15) is 11.6 Å². The van der Waals surface area contributed by atoms with Gasteiger partial charge < -0.3 is 16.0 Å². The number of pyridine rings is 2. The summed E-state index contributed by atoms with van der Waals surface area (Å²) in [4.78, 5) is 24.0. The fourth-order valence-electron chi connectivity index (χ4n) is 4.67. The molecule has 2 aliphatic rings. The second-order valence-corrected chi connectivity index (χ2v) is 11.0. The molecular formula is C23H30N6O3S. The number of hydrogen-bond donors (Lipinski definition) is 3. The first kappa shape index (κ1) is 23.2. The summed E-state index contributed by atoms with van der Waals surface area (Å²) in [6, 6.07) is 6.01. The lowest BCUT2D eigenvalue weighted by molar-refractivity contribution is 0.0981. The Bertz CT molecular complexity index is 1210.